The summed E-state index contributed by atoms with van der Waals surface area (Å²) in [5.41, 5.74) is 0.682. The number of carbonyl (C=O) groups is 1. The molecule has 0 bridgehead atoms. The third kappa shape index (κ3) is 16.5. The maximum absolute atomic E-state index is 11.9. The van der Waals surface area contributed by atoms with E-state index >= 15 is 0 Å². The van der Waals surface area contributed by atoms with E-state index in [2.05, 4.69) is 15.9 Å². The Kier molecular flexibility index (Phi) is 8.23. The first-order valence-corrected chi connectivity index (χ1v) is 10.9. The molecule has 0 fully saturated rings. The Hall–Kier alpha value is -0.350. The smallest absolute Gasteiger partial charge is 0.211 e. The second-order valence-electron chi connectivity index (χ2n) is 4.50. The van der Waals surface area contributed by atoms with Gasteiger partial charge in [0.2, 0.25) is 5.78 Å². The first-order valence-electron chi connectivity index (χ1n) is 6.33. The third-order valence-electron chi connectivity index (χ3n) is 2.26. The molecule has 0 aromatic heterocycles. The number of halogens is 7. The van der Waals surface area contributed by atoms with E-state index in [0.717, 1.165) is 4.47 Å². The van der Waals surface area contributed by atoms with Crippen molar-refractivity contribution in [3.8, 4) is 0 Å². The molecule has 0 saturated carbocycles. The van der Waals surface area contributed by atoms with Gasteiger partial charge in [0, 0.05) is 20.9 Å². The van der Waals surface area contributed by atoms with Gasteiger partial charge in [-0.3, -0.25) is 4.79 Å². The number of benzene rings is 1. The maximum Gasteiger partial charge on any atom is 0.211 e. The Morgan fingerprint density at radius 2 is 1.33 bits per heavy atom. The van der Waals surface area contributed by atoms with Gasteiger partial charge in [-0.2, -0.15) is 0 Å². The van der Waals surface area contributed by atoms with E-state index in [1.165, 1.54) is 0 Å². The van der Waals surface area contributed by atoms with Crippen molar-refractivity contribution < 1.29 is 40.2 Å². The van der Waals surface area contributed by atoms with E-state index in [1.54, 1.807) is 12.1 Å². The van der Waals surface area contributed by atoms with Crippen LogP contribution in [0.4, 0.5) is 25.2 Å². The van der Waals surface area contributed by atoms with E-state index in [1.807, 2.05) is 12.1 Å². The molecule has 0 amide bonds. The van der Waals surface area contributed by atoms with Crippen molar-refractivity contribution in [3.05, 3.63) is 34.3 Å². The summed E-state index contributed by atoms with van der Waals surface area (Å²) < 4.78 is 60.1. The number of hydrogen-bond acceptors (Lipinski definition) is 3. The Balaban J connectivity index is 0.000000640. The van der Waals surface area contributed by atoms with Crippen LogP contribution >= 0.6 is 23.7 Å². The van der Waals surface area contributed by atoms with Gasteiger partial charge in [0.1, 0.15) is 11.5 Å². The number of carbonyl (C=O) groups excluding carboxylic acids is 1. The van der Waals surface area contributed by atoms with Crippen LogP contribution in [0.25, 0.3) is 0 Å². The molecular formula is C12H16BrF6O3PS. The van der Waals surface area contributed by atoms with Crippen molar-refractivity contribution in [2.45, 2.75) is 0 Å². The Bertz CT molecular complexity index is 520. The fourth-order valence-corrected chi connectivity index (χ4v) is 3.22. The fraction of sp³-hybridized carbons (Fsp3) is 0.417. The molecule has 2 N–H and O–H groups in total. The second kappa shape index (κ2) is 8.35. The van der Waals surface area contributed by atoms with Crippen molar-refractivity contribution in [1.82, 2.24) is 0 Å². The summed E-state index contributed by atoms with van der Waals surface area (Å²) in [5.74, 6) is 1.65. The Morgan fingerprint density at radius 1 is 0.958 bits per heavy atom. The van der Waals surface area contributed by atoms with Gasteiger partial charge in [-0.1, -0.05) is 28.1 Å². The molecule has 0 radical (unpaired) electrons. The van der Waals surface area contributed by atoms with Gasteiger partial charge in [-0.15, -0.1) is 0 Å². The van der Waals surface area contributed by atoms with Crippen LogP contribution in [0.15, 0.2) is 28.7 Å². The predicted molar refractivity (Wildman–Crippen MR) is 88.2 cm³/mol. The summed E-state index contributed by atoms with van der Waals surface area (Å²) in [7, 11) is -10.9. The number of aliphatic hydroxyl groups excluding tert-OH is 2. The van der Waals surface area contributed by atoms with Crippen LogP contribution in [0.1, 0.15) is 10.4 Å². The average molecular weight is 465 g/mol. The van der Waals surface area contributed by atoms with E-state index in [9.17, 15) is 30.0 Å². The average Bonchev–Trinajstić information content (AvgIpc) is 2.36. The van der Waals surface area contributed by atoms with Gasteiger partial charge < -0.3 is 10.2 Å². The molecule has 1 aromatic carbocycles. The molecule has 1 aromatic rings. The molecule has 24 heavy (non-hydrogen) atoms. The SMILES string of the molecule is F[P-](F)(F)(F)(F)F.O=C(C[S+](CCO)CCO)c1ccc(Br)cc1. The Labute approximate surface area is 145 Å². The summed E-state index contributed by atoms with van der Waals surface area (Å²) in [6, 6.07) is 7.24. The zero-order chi connectivity index (χ0) is 19.1. The van der Waals surface area contributed by atoms with Crippen LogP contribution in [0.3, 0.4) is 0 Å². The largest absolute Gasteiger partial charge is 0.391 e. The van der Waals surface area contributed by atoms with Crippen molar-refractivity contribution >= 4 is 40.4 Å². The van der Waals surface area contributed by atoms with Crippen LogP contribution in [-0.2, 0) is 10.9 Å². The molecule has 0 saturated heterocycles. The Morgan fingerprint density at radius 3 is 1.67 bits per heavy atom. The molecule has 3 nitrogen and oxygen atoms in total. The van der Waals surface area contributed by atoms with Crippen LogP contribution in [0.2, 0.25) is 0 Å². The van der Waals surface area contributed by atoms with Crippen LogP contribution < -0.4 is 0 Å². The molecule has 0 unspecified atom stereocenters. The molecule has 0 aliphatic heterocycles. The predicted octanol–water partition coefficient (Wildman–Crippen LogP) is 4.62. The standard InChI is InChI=1S/C12H16BrO3S.F6P/c13-11-3-1-10(2-4-11)12(16)9-17(7-5-14)8-6-15;1-7(2,3,4,5)6/h1-4,14-15H,5-9H2;/q+1;-1. The summed E-state index contributed by atoms with van der Waals surface area (Å²) in [6.45, 7) is 0.132. The normalized spacial score (nSPS) is 14.4. The number of Topliss-reactive ketones (excluding diaryl/α,β-unsaturated/α-hetero) is 1. The maximum atomic E-state index is 11.9. The topological polar surface area (TPSA) is 57.5 Å². The van der Waals surface area contributed by atoms with Crippen molar-refractivity contribution in [2.24, 2.45) is 0 Å². The quantitative estimate of drug-likeness (QED) is 0.268. The molecule has 0 spiro atoms. The zero-order valence-corrected chi connectivity index (χ0v) is 15.4. The number of hydrogen-bond donors (Lipinski definition) is 2. The molecule has 0 atom stereocenters. The summed E-state index contributed by atoms with van der Waals surface area (Å²) in [6.07, 6.45) is 0. The van der Waals surface area contributed by atoms with Crippen LogP contribution in [-0.4, -0.2) is 46.5 Å². The zero-order valence-electron chi connectivity index (χ0n) is 12.1. The van der Waals surface area contributed by atoms with Crippen LogP contribution in [0.5, 0.6) is 0 Å². The molecule has 0 aliphatic rings. The van der Waals surface area contributed by atoms with E-state index in [-0.39, 0.29) is 29.9 Å². The molecule has 1 rings (SSSR count). The first kappa shape index (κ1) is 23.6. The van der Waals surface area contributed by atoms with Gasteiger partial charge in [0.25, 0.3) is 0 Å². The minimum absolute atomic E-state index is 0.0662. The monoisotopic (exact) mass is 464 g/mol. The summed E-state index contributed by atoms with van der Waals surface area (Å²) in [4.78, 5) is 11.9. The fourth-order valence-electron chi connectivity index (χ4n) is 1.41. The van der Waals surface area contributed by atoms with E-state index in [0.29, 0.717) is 22.8 Å². The van der Waals surface area contributed by atoms with Crippen molar-refractivity contribution in [2.75, 3.05) is 30.5 Å². The molecule has 12 heteroatoms. The number of rotatable bonds is 7. The molecule has 142 valence electrons. The van der Waals surface area contributed by atoms with Crippen molar-refractivity contribution in [3.63, 3.8) is 0 Å². The molecular weight excluding hydrogens is 449 g/mol. The summed E-state index contributed by atoms with van der Waals surface area (Å²) in [5, 5.41) is 17.8. The van der Waals surface area contributed by atoms with Gasteiger partial charge >= 0.3 is 33.0 Å². The number of aliphatic hydroxyl groups is 2. The van der Waals surface area contributed by atoms with Gasteiger partial charge in [-0.05, 0) is 12.1 Å². The third-order valence-corrected chi connectivity index (χ3v) is 4.98. The van der Waals surface area contributed by atoms with Crippen molar-refractivity contribution in [1.29, 1.82) is 0 Å². The van der Waals surface area contributed by atoms with E-state index < -0.39 is 7.81 Å². The molecule has 0 aliphatic carbocycles. The number of ketones is 1. The van der Waals surface area contributed by atoms with Crippen LogP contribution in [0, 0.1) is 0 Å². The first-order chi connectivity index (χ1) is 10.6. The molecule has 0 heterocycles. The minimum atomic E-state index is -10.7. The minimum Gasteiger partial charge on any atom is -0.391 e. The van der Waals surface area contributed by atoms with E-state index in [4.69, 9.17) is 10.2 Å². The van der Waals surface area contributed by atoms with Gasteiger partial charge in [-0.25, -0.2) is 0 Å². The van der Waals surface area contributed by atoms with Gasteiger partial charge in [0.15, 0.2) is 5.75 Å². The summed E-state index contributed by atoms with van der Waals surface area (Å²) >= 11 is 3.32. The second-order valence-corrected chi connectivity index (χ2v) is 9.66. The van der Waals surface area contributed by atoms with Gasteiger partial charge in [0.05, 0.1) is 13.2 Å².